The van der Waals surface area contributed by atoms with Crippen LogP contribution in [0, 0.1) is 5.92 Å². The maximum absolute atomic E-state index is 14.9. The Bertz CT molecular complexity index is 1780. The van der Waals surface area contributed by atoms with Gasteiger partial charge in [0.25, 0.3) is 0 Å². The van der Waals surface area contributed by atoms with E-state index in [2.05, 4.69) is 12.2 Å². The molecule has 4 aromatic carbocycles. The molecule has 0 unspecified atom stereocenters. The van der Waals surface area contributed by atoms with E-state index in [0.717, 1.165) is 35.1 Å². The maximum atomic E-state index is 14.9. The Labute approximate surface area is 251 Å². The Hall–Kier alpha value is -4.97. The first-order valence-corrected chi connectivity index (χ1v) is 14.8. The van der Waals surface area contributed by atoms with Crippen molar-refractivity contribution in [1.82, 2.24) is 4.90 Å². The zero-order valence-corrected chi connectivity index (χ0v) is 24.1. The summed E-state index contributed by atoms with van der Waals surface area (Å²) in [5.41, 5.74) is 4.04. The number of nitrogens with zero attached hydrogens (tertiary/aromatic N) is 1. The standard InChI is InChI=1S/C37H32N2O4/c1-3-8-23-13-15-25(16-14-23)33(40)31-32(34(41)26-17-19-27(43-2)20-18-26)39-22-21-24-9-4-5-10-28(24)35(39)37(31)29-11-6-7-12-30(29)38-36(37)42/h4-7,9-22,31-32,35H,3,8H2,1-2H3,(H,38,42)/t31-,32+,35+,37-/m0/s1. The van der Waals surface area contributed by atoms with Crippen LogP contribution < -0.4 is 10.1 Å². The minimum absolute atomic E-state index is 0.216. The van der Waals surface area contributed by atoms with Crippen molar-refractivity contribution in [3.63, 3.8) is 0 Å². The number of carbonyl (C=O) groups excluding carboxylic acids is 3. The van der Waals surface area contributed by atoms with E-state index in [9.17, 15) is 14.4 Å². The fourth-order valence-electron chi connectivity index (χ4n) is 7.40. The average molecular weight is 569 g/mol. The second kappa shape index (κ2) is 10.4. The number of hydrogen-bond donors (Lipinski definition) is 1. The predicted molar refractivity (Wildman–Crippen MR) is 166 cm³/mol. The SMILES string of the molecule is CCCc1ccc(C(=O)[C@@H]2[C@H](C(=O)c3ccc(OC)cc3)N3C=Cc4ccccc4[C@@H]3[C@@]23C(=O)Nc2ccccc23)cc1. The van der Waals surface area contributed by atoms with E-state index in [1.54, 1.807) is 31.4 Å². The van der Waals surface area contributed by atoms with E-state index in [1.807, 2.05) is 90.0 Å². The van der Waals surface area contributed by atoms with Crippen molar-refractivity contribution in [1.29, 1.82) is 0 Å². The van der Waals surface area contributed by atoms with Crippen molar-refractivity contribution >= 4 is 29.2 Å². The molecule has 43 heavy (non-hydrogen) atoms. The minimum Gasteiger partial charge on any atom is -0.497 e. The first kappa shape index (κ1) is 26.9. The molecule has 0 saturated carbocycles. The summed E-state index contributed by atoms with van der Waals surface area (Å²) in [7, 11) is 1.58. The molecule has 1 spiro atoms. The van der Waals surface area contributed by atoms with Gasteiger partial charge in [-0.05, 0) is 65.1 Å². The Balaban J connectivity index is 1.48. The lowest BCUT2D eigenvalue weighted by Gasteiger charge is -2.38. The van der Waals surface area contributed by atoms with Crippen molar-refractivity contribution in [3.05, 3.63) is 137 Å². The van der Waals surface area contributed by atoms with Crippen molar-refractivity contribution in [2.75, 3.05) is 12.4 Å². The van der Waals surface area contributed by atoms with Crippen LogP contribution in [0.25, 0.3) is 6.08 Å². The molecule has 0 aliphatic carbocycles. The monoisotopic (exact) mass is 568 g/mol. The lowest BCUT2D eigenvalue weighted by atomic mass is 9.62. The minimum atomic E-state index is -1.34. The van der Waals surface area contributed by atoms with E-state index >= 15 is 0 Å². The van der Waals surface area contributed by atoms with Gasteiger partial charge in [-0.15, -0.1) is 0 Å². The number of hydrogen-bond acceptors (Lipinski definition) is 5. The summed E-state index contributed by atoms with van der Waals surface area (Å²) in [4.78, 5) is 46.1. The molecule has 214 valence electrons. The fourth-order valence-corrected chi connectivity index (χ4v) is 7.40. The highest BCUT2D eigenvalue weighted by atomic mass is 16.5. The van der Waals surface area contributed by atoms with Gasteiger partial charge in [0.05, 0.1) is 19.1 Å². The van der Waals surface area contributed by atoms with Crippen LogP contribution in [0.4, 0.5) is 5.69 Å². The number of ketones is 2. The van der Waals surface area contributed by atoms with Crippen LogP contribution in [0.5, 0.6) is 5.75 Å². The number of benzene rings is 4. The Morgan fingerprint density at radius 1 is 0.860 bits per heavy atom. The summed E-state index contributed by atoms with van der Waals surface area (Å²) in [6.45, 7) is 2.12. The van der Waals surface area contributed by atoms with Crippen molar-refractivity contribution in [2.24, 2.45) is 5.92 Å². The highest BCUT2D eigenvalue weighted by Crippen LogP contribution is 2.62. The Morgan fingerprint density at radius 3 is 2.28 bits per heavy atom. The van der Waals surface area contributed by atoms with Crippen LogP contribution in [0.3, 0.4) is 0 Å². The molecule has 3 aliphatic heterocycles. The molecule has 6 heteroatoms. The van der Waals surface area contributed by atoms with E-state index in [-0.39, 0.29) is 17.5 Å². The summed E-state index contributed by atoms with van der Waals surface area (Å²) < 4.78 is 5.33. The van der Waals surface area contributed by atoms with Gasteiger partial charge in [0.15, 0.2) is 11.6 Å². The second-order valence-electron chi connectivity index (χ2n) is 11.5. The number of rotatable bonds is 7. The largest absolute Gasteiger partial charge is 0.497 e. The molecule has 0 bridgehead atoms. The summed E-state index contributed by atoms with van der Waals surface area (Å²) >= 11 is 0. The number of fused-ring (bicyclic) bond motifs is 6. The molecular weight excluding hydrogens is 536 g/mol. The Morgan fingerprint density at radius 2 is 1.53 bits per heavy atom. The number of carbonyl (C=O) groups is 3. The molecular formula is C37H32N2O4. The number of methoxy groups -OCH3 is 1. The predicted octanol–water partition coefficient (Wildman–Crippen LogP) is 6.63. The van der Waals surface area contributed by atoms with E-state index < -0.39 is 23.4 Å². The molecule has 0 radical (unpaired) electrons. The summed E-state index contributed by atoms with van der Waals surface area (Å²) in [5.74, 6) is -1.06. The lowest BCUT2D eigenvalue weighted by molar-refractivity contribution is -0.122. The van der Waals surface area contributed by atoms with Gasteiger partial charge in [-0.3, -0.25) is 14.4 Å². The molecule has 1 N–H and O–H groups in total. The highest BCUT2D eigenvalue weighted by Gasteiger charge is 2.70. The van der Waals surface area contributed by atoms with Gasteiger partial charge in [-0.2, -0.15) is 0 Å². The second-order valence-corrected chi connectivity index (χ2v) is 11.5. The van der Waals surface area contributed by atoms with Crippen LogP contribution in [-0.2, 0) is 16.6 Å². The van der Waals surface area contributed by atoms with Crippen molar-refractivity contribution in [3.8, 4) is 5.75 Å². The van der Waals surface area contributed by atoms with Crippen molar-refractivity contribution < 1.29 is 19.1 Å². The summed E-state index contributed by atoms with van der Waals surface area (Å²) in [6, 6.07) is 28.6. The number of para-hydroxylation sites is 1. The third-order valence-corrected chi connectivity index (χ3v) is 9.27. The maximum Gasteiger partial charge on any atom is 0.238 e. The van der Waals surface area contributed by atoms with Crippen LogP contribution in [0.2, 0.25) is 0 Å². The molecule has 4 atom stereocenters. The van der Waals surface area contributed by atoms with Gasteiger partial charge in [0, 0.05) is 23.0 Å². The number of aryl methyl sites for hydroxylation is 1. The van der Waals surface area contributed by atoms with E-state index in [0.29, 0.717) is 22.6 Å². The number of ether oxygens (including phenoxy) is 1. The van der Waals surface area contributed by atoms with Gasteiger partial charge in [-0.1, -0.05) is 80.1 Å². The fraction of sp³-hybridized carbons (Fsp3) is 0.216. The smallest absolute Gasteiger partial charge is 0.238 e. The van der Waals surface area contributed by atoms with Gasteiger partial charge < -0.3 is 15.0 Å². The van der Waals surface area contributed by atoms with Gasteiger partial charge in [0.2, 0.25) is 5.91 Å². The van der Waals surface area contributed by atoms with E-state index in [1.165, 1.54) is 0 Å². The molecule has 3 heterocycles. The van der Waals surface area contributed by atoms with Crippen molar-refractivity contribution in [2.45, 2.75) is 37.3 Å². The lowest BCUT2D eigenvalue weighted by Crippen LogP contribution is -2.49. The first-order valence-electron chi connectivity index (χ1n) is 14.8. The van der Waals surface area contributed by atoms with Crippen LogP contribution >= 0.6 is 0 Å². The molecule has 6 nitrogen and oxygen atoms in total. The zero-order chi connectivity index (χ0) is 29.7. The molecule has 7 rings (SSSR count). The quantitative estimate of drug-likeness (QED) is 0.253. The molecule has 4 aromatic rings. The van der Waals surface area contributed by atoms with Gasteiger partial charge in [-0.25, -0.2) is 0 Å². The third kappa shape index (κ3) is 3.97. The average Bonchev–Trinajstić information content (AvgIpc) is 3.53. The van der Waals surface area contributed by atoms with Crippen LogP contribution in [0.15, 0.2) is 103 Å². The molecule has 0 aromatic heterocycles. The number of anilines is 1. The van der Waals surface area contributed by atoms with Gasteiger partial charge >= 0.3 is 0 Å². The molecule has 1 fully saturated rings. The summed E-state index contributed by atoms with van der Waals surface area (Å²) in [6.07, 6.45) is 5.77. The number of amides is 1. The third-order valence-electron chi connectivity index (χ3n) is 9.27. The van der Waals surface area contributed by atoms with E-state index in [4.69, 9.17) is 4.74 Å². The zero-order valence-electron chi connectivity index (χ0n) is 24.1. The van der Waals surface area contributed by atoms with Crippen LogP contribution in [-0.4, -0.2) is 35.5 Å². The molecule has 1 saturated heterocycles. The number of nitrogens with one attached hydrogen (secondary N) is 1. The van der Waals surface area contributed by atoms with Gasteiger partial charge in [0.1, 0.15) is 17.2 Å². The normalized spacial score (nSPS) is 23.0. The first-order chi connectivity index (χ1) is 21.0. The topological polar surface area (TPSA) is 75.7 Å². The number of Topliss-reactive ketones (excluding diaryl/α,β-unsaturated/α-hetero) is 2. The highest BCUT2D eigenvalue weighted by molar-refractivity contribution is 6.16. The van der Waals surface area contributed by atoms with Crippen LogP contribution in [0.1, 0.15) is 62.4 Å². The molecule has 1 amide bonds. The molecule has 3 aliphatic rings. The summed E-state index contributed by atoms with van der Waals surface area (Å²) in [5, 5.41) is 3.10. The Kier molecular flexibility index (Phi) is 6.50.